The Hall–Kier alpha value is -2.09. The molecule has 0 bridgehead atoms. The summed E-state index contributed by atoms with van der Waals surface area (Å²) in [6, 6.07) is 9.61. The molecule has 8 heteroatoms. The van der Waals surface area contributed by atoms with E-state index in [1.807, 2.05) is 51.9 Å². The van der Waals surface area contributed by atoms with Gasteiger partial charge in [0.05, 0.1) is 11.3 Å². The highest BCUT2D eigenvalue weighted by Gasteiger charge is 2.12. The average Bonchev–Trinajstić information content (AvgIpc) is 3.33. The molecule has 0 amide bonds. The van der Waals surface area contributed by atoms with Gasteiger partial charge in [0.1, 0.15) is 0 Å². The summed E-state index contributed by atoms with van der Waals surface area (Å²) in [6.07, 6.45) is 3.66. The molecule has 24 heavy (non-hydrogen) atoms. The second kappa shape index (κ2) is 6.80. The monoisotopic (exact) mass is 374 g/mol. The van der Waals surface area contributed by atoms with Crippen LogP contribution in [-0.4, -0.2) is 19.7 Å². The lowest BCUT2D eigenvalue weighted by Crippen LogP contribution is -1.95. The highest BCUT2D eigenvalue weighted by molar-refractivity contribution is 7.98. The highest BCUT2D eigenvalue weighted by Crippen LogP contribution is 2.26. The lowest BCUT2D eigenvalue weighted by molar-refractivity contribution is 0.425. The summed E-state index contributed by atoms with van der Waals surface area (Å²) in [5, 5.41) is 9.53. The quantitative estimate of drug-likeness (QED) is 0.463. The summed E-state index contributed by atoms with van der Waals surface area (Å²) in [5.74, 6) is 1.76. The average molecular weight is 375 g/mol. The van der Waals surface area contributed by atoms with Gasteiger partial charge in [-0.3, -0.25) is 4.57 Å². The molecule has 0 fully saturated rings. The fourth-order valence-corrected chi connectivity index (χ4v) is 3.79. The van der Waals surface area contributed by atoms with Crippen molar-refractivity contribution in [2.75, 3.05) is 0 Å². The first-order valence-corrected chi connectivity index (χ1v) is 9.37. The van der Waals surface area contributed by atoms with Crippen LogP contribution in [0.3, 0.4) is 0 Å². The van der Waals surface area contributed by atoms with Crippen LogP contribution in [-0.2, 0) is 5.75 Å². The van der Waals surface area contributed by atoms with E-state index in [1.54, 1.807) is 29.3 Å². The van der Waals surface area contributed by atoms with Crippen LogP contribution >= 0.6 is 34.7 Å². The Morgan fingerprint density at radius 2 is 2.25 bits per heavy atom. The van der Waals surface area contributed by atoms with Crippen molar-refractivity contribution in [3.63, 3.8) is 0 Å². The number of imidazole rings is 1. The number of rotatable bonds is 5. The first-order chi connectivity index (χ1) is 11.8. The van der Waals surface area contributed by atoms with Crippen LogP contribution in [0.15, 0.2) is 63.2 Å². The van der Waals surface area contributed by atoms with E-state index in [0.29, 0.717) is 22.5 Å². The SMILES string of the molecule is Clc1cccc(-n2ccnc2SCc2noc(-c3ccsc3)n2)c1. The Bertz CT molecular complexity index is 949. The Morgan fingerprint density at radius 1 is 1.29 bits per heavy atom. The van der Waals surface area contributed by atoms with E-state index in [0.717, 1.165) is 16.4 Å². The van der Waals surface area contributed by atoms with Gasteiger partial charge in [0.2, 0.25) is 0 Å². The van der Waals surface area contributed by atoms with E-state index in [-0.39, 0.29) is 0 Å². The Balaban J connectivity index is 1.50. The molecule has 5 nitrogen and oxygen atoms in total. The molecule has 4 rings (SSSR count). The van der Waals surface area contributed by atoms with Crippen LogP contribution in [0.25, 0.3) is 17.1 Å². The first kappa shape index (κ1) is 15.4. The molecule has 0 aliphatic rings. The second-order valence-corrected chi connectivity index (χ2v) is 7.04. The zero-order chi connectivity index (χ0) is 16.4. The van der Waals surface area contributed by atoms with Crippen LogP contribution in [0.1, 0.15) is 5.82 Å². The van der Waals surface area contributed by atoms with Crippen LogP contribution in [0, 0.1) is 0 Å². The van der Waals surface area contributed by atoms with Crippen molar-refractivity contribution in [3.8, 4) is 17.1 Å². The normalized spacial score (nSPS) is 11.0. The third kappa shape index (κ3) is 3.24. The van der Waals surface area contributed by atoms with Crippen molar-refractivity contribution >= 4 is 34.7 Å². The van der Waals surface area contributed by atoms with Gasteiger partial charge in [0.15, 0.2) is 11.0 Å². The van der Waals surface area contributed by atoms with Gasteiger partial charge in [-0.25, -0.2) is 4.98 Å². The summed E-state index contributed by atoms with van der Waals surface area (Å²) in [5.41, 5.74) is 1.92. The molecule has 0 unspecified atom stereocenters. The number of aromatic nitrogens is 4. The standard InChI is InChI=1S/C16H11ClN4OS2/c17-12-2-1-3-13(8-12)21-6-5-18-16(21)24-10-14-19-15(22-20-14)11-4-7-23-9-11/h1-9H,10H2. The molecule has 4 aromatic rings. The molecule has 3 heterocycles. The summed E-state index contributed by atoms with van der Waals surface area (Å²) >= 11 is 9.21. The van der Waals surface area contributed by atoms with Crippen LogP contribution in [0.5, 0.6) is 0 Å². The largest absolute Gasteiger partial charge is 0.334 e. The second-order valence-electron chi connectivity index (χ2n) is 4.88. The summed E-state index contributed by atoms with van der Waals surface area (Å²) in [7, 11) is 0. The molecule has 3 aromatic heterocycles. The molecule has 0 N–H and O–H groups in total. The van der Waals surface area contributed by atoms with Gasteiger partial charge < -0.3 is 4.52 Å². The van der Waals surface area contributed by atoms with Gasteiger partial charge in [-0.1, -0.05) is 34.6 Å². The molecule has 1 aromatic carbocycles. The van der Waals surface area contributed by atoms with Crippen molar-refractivity contribution in [1.29, 1.82) is 0 Å². The lowest BCUT2D eigenvalue weighted by atomic mass is 10.3. The number of hydrogen-bond acceptors (Lipinski definition) is 6. The molecule has 0 atom stereocenters. The zero-order valence-corrected chi connectivity index (χ0v) is 14.7. The number of halogens is 1. The Morgan fingerprint density at radius 3 is 3.08 bits per heavy atom. The summed E-state index contributed by atoms with van der Waals surface area (Å²) < 4.78 is 7.28. The van der Waals surface area contributed by atoms with Gasteiger partial charge in [-0.2, -0.15) is 16.3 Å². The van der Waals surface area contributed by atoms with Gasteiger partial charge >= 0.3 is 0 Å². The molecule has 0 radical (unpaired) electrons. The Kier molecular flexibility index (Phi) is 4.38. The zero-order valence-electron chi connectivity index (χ0n) is 12.3. The third-order valence-corrected chi connectivity index (χ3v) is 5.14. The lowest BCUT2D eigenvalue weighted by Gasteiger charge is -2.06. The Labute approximate surface area is 151 Å². The number of nitrogens with zero attached hydrogens (tertiary/aromatic N) is 4. The van der Waals surface area contributed by atoms with Crippen molar-refractivity contribution in [3.05, 3.63) is 64.3 Å². The predicted octanol–water partition coefficient (Wildman–Crippen LogP) is 4.93. The van der Waals surface area contributed by atoms with Gasteiger partial charge in [-0.05, 0) is 29.6 Å². The number of benzene rings is 1. The fourth-order valence-electron chi connectivity index (χ4n) is 2.16. The van der Waals surface area contributed by atoms with E-state index in [9.17, 15) is 0 Å². The smallest absolute Gasteiger partial charge is 0.258 e. The molecule has 0 saturated heterocycles. The molecule has 0 saturated carbocycles. The molecule has 0 aliphatic carbocycles. The van der Waals surface area contributed by atoms with Crippen molar-refractivity contribution in [1.82, 2.24) is 19.7 Å². The minimum Gasteiger partial charge on any atom is -0.334 e. The van der Waals surface area contributed by atoms with E-state index in [2.05, 4.69) is 15.1 Å². The van der Waals surface area contributed by atoms with Crippen molar-refractivity contribution in [2.24, 2.45) is 0 Å². The summed E-state index contributed by atoms with van der Waals surface area (Å²) in [6.45, 7) is 0. The first-order valence-electron chi connectivity index (χ1n) is 7.07. The van der Waals surface area contributed by atoms with Crippen LogP contribution < -0.4 is 0 Å². The molecule has 120 valence electrons. The van der Waals surface area contributed by atoms with E-state index in [4.69, 9.17) is 16.1 Å². The molecular formula is C16H11ClN4OS2. The maximum absolute atomic E-state index is 6.07. The molecule has 0 aliphatic heterocycles. The van der Waals surface area contributed by atoms with Crippen LogP contribution in [0.4, 0.5) is 0 Å². The number of thioether (sulfide) groups is 1. The van der Waals surface area contributed by atoms with Gasteiger partial charge in [0, 0.05) is 28.5 Å². The van der Waals surface area contributed by atoms with Gasteiger partial charge in [0.25, 0.3) is 5.89 Å². The number of thiophene rings is 1. The van der Waals surface area contributed by atoms with Crippen molar-refractivity contribution in [2.45, 2.75) is 10.9 Å². The van der Waals surface area contributed by atoms with Crippen LogP contribution in [0.2, 0.25) is 5.02 Å². The van der Waals surface area contributed by atoms with Gasteiger partial charge in [-0.15, -0.1) is 0 Å². The summed E-state index contributed by atoms with van der Waals surface area (Å²) in [4.78, 5) is 8.81. The minimum absolute atomic E-state index is 0.546. The minimum atomic E-state index is 0.546. The van der Waals surface area contributed by atoms with E-state index in [1.165, 1.54) is 0 Å². The number of hydrogen-bond donors (Lipinski definition) is 0. The third-order valence-electron chi connectivity index (χ3n) is 3.26. The predicted molar refractivity (Wildman–Crippen MR) is 95.7 cm³/mol. The van der Waals surface area contributed by atoms with E-state index >= 15 is 0 Å². The maximum Gasteiger partial charge on any atom is 0.258 e. The highest BCUT2D eigenvalue weighted by atomic mass is 35.5. The molecular weight excluding hydrogens is 364 g/mol. The topological polar surface area (TPSA) is 56.7 Å². The van der Waals surface area contributed by atoms with Crippen molar-refractivity contribution < 1.29 is 4.52 Å². The fraction of sp³-hybridized carbons (Fsp3) is 0.0625. The maximum atomic E-state index is 6.07. The van der Waals surface area contributed by atoms with E-state index < -0.39 is 0 Å². The molecule has 0 spiro atoms.